The van der Waals surface area contributed by atoms with E-state index in [0.29, 0.717) is 17.4 Å². The van der Waals surface area contributed by atoms with Crippen LogP contribution in [0, 0.1) is 6.92 Å². The van der Waals surface area contributed by atoms with Gasteiger partial charge in [0.25, 0.3) is 5.91 Å². The topological polar surface area (TPSA) is 50.2 Å². The Morgan fingerprint density at radius 2 is 2.20 bits per heavy atom. The first-order valence-corrected chi connectivity index (χ1v) is 7.36. The van der Waals surface area contributed by atoms with Crippen molar-refractivity contribution in [3.8, 4) is 0 Å². The van der Waals surface area contributed by atoms with Crippen molar-refractivity contribution in [3.63, 3.8) is 0 Å². The molecule has 0 aromatic carbocycles. The van der Waals surface area contributed by atoms with E-state index in [1.54, 1.807) is 4.90 Å². The second kappa shape index (κ2) is 6.17. The summed E-state index contributed by atoms with van der Waals surface area (Å²) in [6.07, 6.45) is 5.76. The average Bonchev–Trinajstić information content (AvgIpc) is 2.90. The fourth-order valence-electron chi connectivity index (χ4n) is 2.08. The molecule has 1 fully saturated rings. The van der Waals surface area contributed by atoms with E-state index in [4.69, 9.17) is 12.2 Å². The zero-order valence-corrected chi connectivity index (χ0v) is 13.0. The number of aromatic nitrogens is 2. The van der Waals surface area contributed by atoms with Crippen molar-refractivity contribution in [1.29, 1.82) is 0 Å². The third kappa shape index (κ3) is 2.90. The van der Waals surface area contributed by atoms with E-state index in [0.717, 1.165) is 30.6 Å². The number of aryl methyl sites for hydroxylation is 2. The SMILES string of the molecule is CCCCN1C(=O)/C(=C\c2cn(CC)nc2C)NC1=S. The maximum Gasteiger partial charge on any atom is 0.276 e. The van der Waals surface area contributed by atoms with Gasteiger partial charge in [-0.3, -0.25) is 14.4 Å². The molecule has 1 aliphatic rings. The number of amides is 1. The van der Waals surface area contributed by atoms with Crippen LogP contribution in [-0.2, 0) is 11.3 Å². The van der Waals surface area contributed by atoms with Gasteiger partial charge in [-0.15, -0.1) is 0 Å². The largest absolute Gasteiger partial charge is 0.328 e. The lowest BCUT2D eigenvalue weighted by atomic mass is 10.2. The molecule has 1 aliphatic heterocycles. The van der Waals surface area contributed by atoms with Crippen LogP contribution in [0.3, 0.4) is 0 Å². The highest BCUT2D eigenvalue weighted by Gasteiger charge is 2.30. The fraction of sp³-hybridized carbons (Fsp3) is 0.500. The van der Waals surface area contributed by atoms with Gasteiger partial charge in [0, 0.05) is 24.8 Å². The monoisotopic (exact) mass is 292 g/mol. The average molecular weight is 292 g/mol. The summed E-state index contributed by atoms with van der Waals surface area (Å²) in [5, 5.41) is 7.86. The van der Waals surface area contributed by atoms with Crippen LogP contribution in [0.15, 0.2) is 11.9 Å². The number of hydrogen-bond donors (Lipinski definition) is 1. The first kappa shape index (κ1) is 14.7. The van der Waals surface area contributed by atoms with Crippen LogP contribution in [0.1, 0.15) is 37.9 Å². The highest BCUT2D eigenvalue weighted by Crippen LogP contribution is 2.16. The van der Waals surface area contributed by atoms with E-state index >= 15 is 0 Å². The summed E-state index contributed by atoms with van der Waals surface area (Å²) in [4.78, 5) is 13.9. The number of carbonyl (C=O) groups is 1. The van der Waals surface area contributed by atoms with Gasteiger partial charge < -0.3 is 5.32 Å². The molecule has 2 heterocycles. The number of nitrogens with zero attached hydrogens (tertiary/aromatic N) is 3. The zero-order valence-electron chi connectivity index (χ0n) is 12.1. The van der Waals surface area contributed by atoms with Gasteiger partial charge in [0.1, 0.15) is 5.70 Å². The van der Waals surface area contributed by atoms with Crippen LogP contribution in [0.4, 0.5) is 0 Å². The highest BCUT2D eigenvalue weighted by atomic mass is 32.1. The molecule has 1 aromatic heterocycles. The van der Waals surface area contributed by atoms with Crippen LogP contribution < -0.4 is 5.32 Å². The van der Waals surface area contributed by atoms with Crippen molar-refractivity contribution in [2.45, 2.75) is 40.2 Å². The minimum Gasteiger partial charge on any atom is -0.328 e. The van der Waals surface area contributed by atoms with Crippen molar-refractivity contribution in [2.24, 2.45) is 0 Å². The minimum atomic E-state index is -0.0490. The Bertz CT molecular complexity index is 562. The van der Waals surface area contributed by atoms with Crippen molar-refractivity contribution in [3.05, 3.63) is 23.2 Å². The second-order valence-corrected chi connectivity index (χ2v) is 5.21. The molecule has 20 heavy (non-hydrogen) atoms. The summed E-state index contributed by atoms with van der Waals surface area (Å²) in [6.45, 7) is 7.55. The number of nitrogens with one attached hydrogen (secondary N) is 1. The Morgan fingerprint density at radius 1 is 1.45 bits per heavy atom. The fourth-order valence-corrected chi connectivity index (χ4v) is 2.37. The van der Waals surface area contributed by atoms with Gasteiger partial charge in [-0.05, 0) is 38.6 Å². The molecular formula is C14H20N4OS. The maximum absolute atomic E-state index is 12.3. The van der Waals surface area contributed by atoms with Gasteiger partial charge in [0.15, 0.2) is 5.11 Å². The van der Waals surface area contributed by atoms with E-state index in [2.05, 4.69) is 17.3 Å². The number of carbonyl (C=O) groups excluding carboxylic acids is 1. The smallest absolute Gasteiger partial charge is 0.276 e. The minimum absolute atomic E-state index is 0.0490. The van der Waals surface area contributed by atoms with Crippen LogP contribution in [-0.4, -0.2) is 32.2 Å². The van der Waals surface area contributed by atoms with Gasteiger partial charge in [0.05, 0.1) is 5.69 Å². The molecule has 108 valence electrons. The van der Waals surface area contributed by atoms with Crippen LogP contribution in [0.2, 0.25) is 0 Å². The summed E-state index contributed by atoms with van der Waals surface area (Å²) < 4.78 is 1.86. The van der Waals surface area contributed by atoms with E-state index < -0.39 is 0 Å². The molecule has 1 amide bonds. The molecule has 1 aromatic rings. The molecule has 1 N–H and O–H groups in total. The van der Waals surface area contributed by atoms with Crippen molar-refractivity contribution in [2.75, 3.05) is 6.54 Å². The lowest BCUT2D eigenvalue weighted by molar-refractivity contribution is -0.122. The third-order valence-electron chi connectivity index (χ3n) is 3.31. The molecule has 0 aliphatic carbocycles. The van der Waals surface area contributed by atoms with Gasteiger partial charge in [-0.1, -0.05) is 13.3 Å². The highest BCUT2D eigenvalue weighted by molar-refractivity contribution is 7.80. The molecule has 5 nitrogen and oxygen atoms in total. The molecule has 0 spiro atoms. The Morgan fingerprint density at radius 3 is 2.80 bits per heavy atom. The van der Waals surface area contributed by atoms with Crippen LogP contribution in [0.5, 0.6) is 0 Å². The molecular weight excluding hydrogens is 272 g/mol. The lowest BCUT2D eigenvalue weighted by Crippen LogP contribution is -2.31. The Balaban J connectivity index is 2.20. The van der Waals surface area contributed by atoms with Crippen molar-refractivity contribution < 1.29 is 4.79 Å². The van der Waals surface area contributed by atoms with Crippen molar-refractivity contribution >= 4 is 29.3 Å². The molecule has 0 radical (unpaired) electrons. The Labute approximate surface area is 124 Å². The predicted octanol–water partition coefficient (Wildman–Crippen LogP) is 2.07. The standard InChI is InChI=1S/C14H20N4OS/c1-4-6-7-18-13(19)12(15-14(18)20)8-11-9-17(5-2)16-10(11)3/h8-9H,4-7H2,1-3H3,(H,15,20)/b12-8+. The summed E-state index contributed by atoms with van der Waals surface area (Å²) >= 11 is 5.22. The first-order chi connectivity index (χ1) is 9.56. The molecule has 0 atom stereocenters. The lowest BCUT2D eigenvalue weighted by Gasteiger charge is -2.12. The van der Waals surface area contributed by atoms with Crippen molar-refractivity contribution in [1.82, 2.24) is 20.0 Å². The molecule has 1 saturated heterocycles. The predicted molar refractivity (Wildman–Crippen MR) is 83.0 cm³/mol. The summed E-state index contributed by atoms with van der Waals surface area (Å²) in [7, 11) is 0. The molecule has 0 bridgehead atoms. The van der Waals surface area contributed by atoms with E-state index in [9.17, 15) is 4.79 Å². The maximum atomic E-state index is 12.3. The van der Waals surface area contributed by atoms with Gasteiger partial charge in [-0.2, -0.15) is 5.10 Å². The van der Waals surface area contributed by atoms with E-state index in [1.807, 2.05) is 30.8 Å². The summed E-state index contributed by atoms with van der Waals surface area (Å²) in [5.74, 6) is -0.0490. The molecule has 0 saturated carbocycles. The summed E-state index contributed by atoms with van der Waals surface area (Å²) in [5.41, 5.74) is 2.39. The molecule has 6 heteroatoms. The zero-order chi connectivity index (χ0) is 14.7. The third-order valence-corrected chi connectivity index (χ3v) is 3.63. The Kier molecular flexibility index (Phi) is 4.54. The van der Waals surface area contributed by atoms with E-state index in [1.165, 1.54) is 0 Å². The molecule has 2 rings (SSSR count). The van der Waals surface area contributed by atoms with Gasteiger partial charge >= 0.3 is 0 Å². The molecule has 0 unspecified atom stereocenters. The normalized spacial score (nSPS) is 17.1. The number of rotatable bonds is 5. The second-order valence-electron chi connectivity index (χ2n) is 4.82. The number of hydrogen-bond acceptors (Lipinski definition) is 3. The first-order valence-electron chi connectivity index (χ1n) is 6.95. The van der Waals surface area contributed by atoms with Crippen LogP contribution >= 0.6 is 12.2 Å². The van der Waals surface area contributed by atoms with E-state index in [-0.39, 0.29) is 5.91 Å². The Hall–Kier alpha value is -1.69. The number of unbranched alkanes of at least 4 members (excludes halogenated alkanes) is 1. The van der Waals surface area contributed by atoms with Gasteiger partial charge in [0.2, 0.25) is 0 Å². The van der Waals surface area contributed by atoms with Crippen LogP contribution in [0.25, 0.3) is 6.08 Å². The quantitative estimate of drug-likeness (QED) is 0.667. The number of thiocarbonyl (C=S) groups is 1. The summed E-state index contributed by atoms with van der Waals surface area (Å²) in [6, 6.07) is 0. The van der Waals surface area contributed by atoms with Gasteiger partial charge in [-0.25, -0.2) is 0 Å².